The molecule has 0 aromatic carbocycles. The SMILES string of the molecule is CCCCCC(CCC(=O)OC(C)C(F)(F)S(=O)(=O)O)C(C)C. The van der Waals surface area contributed by atoms with Crippen LogP contribution in [-0.4, -0.2) is 30.3 Å². The maximum atomic E-state index is 13.3. The fourth-order valence-corrected chi connectivity index (χ4v) is 2.77. The van der Waals surface area contributed by atoms with Crippen molar-refractivity contribution in [1.29, 1.82) is 0 Å². The Morgan fingerprint density at radius 3 is 2.17 bits per heavy atom. The molecule has 0 heterocycles. The highest BCUT2D eigenvalue weighted by Crippen LogP contribution is 2.28. The molecule has 0 saturated heterocycles. The van der Waals surface area contributed by atoms with Crippen LogP contribution in [0.15, 0.2) is 0 Å². The number of hydrogen-bond donors (Lipinski definition) is 1. The zero-order valence-corrected chi connectivity index (χ0v) is 15.0. The van der Waals surface area contributed by atoms with Crippen LogP contribution in [0, 0.1) is 11.8 Å². The first kappa shape index (κ1) is 22.2. The number of rotatable bonds is 11. The topological polar surface area (TPSA) is 80.7 Å². The monoisotopic (exact) mass is 358 g/mol. The van der Waals surface area contributed by atoms with E-state index in [0.717, 1.165) is 32.6 Å². The van der Waals surface area contributed by atoms with Crippen LogP contribution in [0.4, 0.5) is 8.78 Å². The summed E-state index contributed by atoms with van der Waals surface area (Å²) in [5.41, 5.74) is 0. The third-order valence-corrected chi connectivity index (χ3v) is 4.99. The first-order valence-electron chi connectivity index (χ1n) is 7.97. The van der Waals surface area contributed by atoms with E-state index in [0.29, 0.717) is 12.3 Å². The third kappa shape index (κ3) is 7.56. The molecule has 0 fully saturated rings. The van der Waals surface area contributed by atoms with Gasteiger partial charge in [-0.3, -0.25) is 9.35 Å². The van der Waals surface area contributed by atoms with E-state index in [-0.39, 0.29) is 12.3 Å². The number of carbonyl (C=O) groups is 1. The number of alkyl halides is 2. The van der Waals surface area contributed by atoms with Crippen LogP contribution in [0.5, 0.6) is 0 Å². The summed E-state index contributed by atoms with van der Waals surface area (Å²) in [6.45, 7) is 6.92. The number of carbonyl (C=O) groups excluding carboxylic acids is 1. The van der Waals surface area contributed by atoms with Crippen LogP contribution in [0.25, 0.3) is 0 Å². The lowest BCUT2D eigenvalue weighted by Gasteiger charge is -2.23. The lowest BCUT2D eigenvalue weighted by Crippen LogP contribution is -2.42. The predicted octanol–water partition coefficient (Wildman–Crippen LogP) is 4.03. The van der Waals surface area contributed by atoms with Gasteiger partial charge in [-0.15, -0.1) is 0 Å². The zero-order chi connectivity index (χ0) is 18.3. The maximum Gasteiger partial charge on any atom is 0.405 e. The fraction of sp³-hybridized carbons (Fsp3) is 0.933. The van der Waals surface area contributed by atoms with Gasteiger partial charge in [0.05, 0.1) is 0 Å². The summed E-state index contributed by atoms with van der Waals surface area (Å²) in [4.78, 5) is 11.7. The van der Waals surface area contributed by atoms with Gasteiger partial charge in [-0.25, -0.2) is 0 Å². The van der Waals surface area contributed by atoms with Crippen molar-refractivity contribution < 1.29 is 31.3 Å². The first-order chi connectivity index (χ1) is 10.4. The molecule has 23 heavy (non-hydrogen) atoms. The first-order valence-corrected chi connectivity index (χ1v) is 9.41. The van der Waals surface area contributed by atoms with Crippen molar-refractivity contribution in [2.75, 3.05) is 0 Å². The molecule has 0 bridgehead atoms. The Hall–Kier alpha value is -0.760. The summed E-state index contributed by atoms with van der Waals surface area (Å²) < 4.78 is 60.7. The molecule has 0 aliphatic rings. The molecule has 0 amide bonds. The Morgan fingerprint density at radius 2 is 1.74 bits per heavy atom. The van der Waals surface area contributed by atoms with Crippen molar-refractivity contribution in [1.82, 2.24) is 0 Å². The molecule has 2 atom stereocenters. The van der Waals surface area contributed by atoms with Crippen molar-refractivity contribution in [3.8, 4) is 0 Å². The minimum atomic E-state index is -5.62. The molecule has 5 nitrogen and oxygen atoms in total. The average molecular weight is 358 g/mol. The van der Waals surface area contributed by atoms with Crippen LogP contribution in [0.1, 0.15) is 66.2 Å². The highest BCUT2D eigenvalue weighted by atomic mass is 32.2. The molecule has 0 spiro atoms. The fourth-order valence-electron chi connectivity index (χ4n) is 2.31. The Balaban J connectivity index is 4.48. The summed E-state index contributed by atoms with van der Waals surface area (Å²) in [6.07, 6.45) is 2.41. The minimum absolute atomic E-state index is 0.0547. The largest absolute Gasteiger partial charge is 0.455 e. The molecule has 0 aromatic heterocycles. The summed E-state index contributed by atoms with van der Waals surface area (Å²) in [5.74, 6) is -0.246. The lowest BCUT2D eigenvalue weighted by atomic mass is 9.86. The highest BCUT2D eigenvalue weighted by Gasteiger charge is 2.51. The number of hydrogen-bond acceptors (Lipinski definition) is 4. The molecule has 8 heteroatoms. The molecule has 0 aliphatic heterocycles. The van der Waals surface area contributed by atoms with Gasteiger partial charge >= 0.3 is 21.3 Å². The van der Waals surface area contributed by atoms with Gasteiger partial charge in [0.15, 0.2) is 6.10 Å². The van der Waals surface area contributed by atoms with Gasteiger partial charge in [0.2, 0.25) is 0 Å². The van der Waals surface area contributed by atoms with Crippen LogP contribution >= 0.6 is 0 Å². The van der Waals surface area contributed by atoms with Crippen molar-refractivity contribution in [2.45, 2.75) is 77.6 Å². The Morgan fingerprint density at radius 1 is 1.17 bits per heavy atom. The van der Waals surface area contributed by atoms with Gasteiger partial charge < -0.3 is 4.74 Å². The molecule has 0 aliphatic carbocycles. The molecule has 138 valence electrons. The standard InChI is InChI=1S/C15H28F2O5S/c1-5-6-7-8-13(11(2)3)9-10-14(18)22-12(4)15(16,17)23(19,20)21/h11-13H,5-10H2,1-4H3,(H,19,20,21). The van der Waals surface area contributed by atoms with Crippen molar-refractivity contribution in [3.05, 3.63) is 0 Å². The Labute approximate surface area is 137 Å². The smallest absolute Gasteiger partial charge is 0.405 e. The Bertz CT molecular complexity index is 462. The second kappa shape index (κ2) is 9.52. The number of unbranched alkanes of at least 4 members (excludes halogenated alkanes) is 2. The quantitative estimate of drug-likeness (QED) is 0.343. The average Bonchev–Trinajstić information content (AvgIpc) is 2.40. The van der Waals surface area contributed by atoms with Crippen molar-refractivity contribution in [2.24, 2.45) is 11.8 Å². The van der Waals surface area contributed by atoms with Crippen LogP contribution in [-0.2, 0) is 19.6 Å². The van der Waals surface area contributed by atoms with Gasteiger partial charge in [0.1, 0.15) is 0 Å². The van der Waals surface area contributed by atoms with E-state index in [9.17, 15) is 22.0 Å². The molecule has 0 radical (unpaired) electrons. The molecule has 1 N–H and O–H groups in total. The van der Waals surface area contributed by atoms with E-state index in [1.165, 1.54) is 0 Å². The molecular formula is C15H28F2O5S. The summed E-state index contributed by atoms with van der Waals surface area (Å²) in [7, 11) is -5.62. The zero-order valence-electron chi connectivity index (χ0n) is 14.2. The summed E-state index contributed by atoms with van der Waals surface area (Å²) >= 11 is 0. The van der Waals surface area contributed by atoms with Crippen LogP contribution < -0.4 is 0 Å². The third-order valence-electron chi connectivity index (χ3n) is 3.97. The maximum absolute atomic E-state index is 13.3. The van der Waals surface area contributed by atoms with Crippen LogP contribution in [0.3, 0.4) is 0 Å². The molecule has 2 unspecified atom stereocenters. The van der Waals surface area contributed by atoms with E-state index in [1.807, 2.05) is 13.8 Å². The molecule has 0 rings (SSSR count). The van der Waals surface area contributed by atoms with Crippen molar-refractivity contribution >= 4 is 16.1 Å². The van der Waals surface area contributed by atoms with E-state index < -0.39 is 27.4 Å². The molecular weight excluding hydrogens is 330 g/mol. The number of halogens is 2. The predicted molar refractivity (Wildman–Crippen MR) is 83.8 cm³/mol. The lowest BCUT2D eigenvalue weighted by molar-refractivity contribution is -0.159. The van der Waals surface area contributed by atoms with Gasteiger partial charge in [0, 0.05) is 6.42 Å². The number of ether oxygens (including phenoxy) is 1. The minimum Gasteiger partial charge on any atom is -0.455 e. The summed E-state index contributed by atoms with van der Waals surface area (Å²) in [6, 6.07) is 0. The van der Waals surface area contributed by atoms with Gasteiger partial charge in [-0.2, -0.15) is 17.2 Å². The van der Waals surface area contributed by atoms with Gasteiger partial charge in [-0.05, 0) is 25.2 Å². The molecule has 0 saturated carbocycles. The Kier molecular flexibility index (Phi) is 9.20. The van der Waals surface area contributed by atoms with E-state index >= 15 is 0 Å². The number of esters is 1. The van der Waals surface area contributed by atoms with Crippen molar-refractivity contribution in [3.63, 3.8) is 0 Å². The van der Waals surface area contributed by atoms with Gasteiger partial charge in [-0.1, -0.05) is 46.5 Å². The van der Waals surface area contributed by atoms with E-state index in [1.54, 1.807) is 0 Å². The highest BCUT2D eigenvalue weighted by molar-refractivity contribution is 7.86. The molecule has 0 aromatic rings. The summed E-state index contributed by atoms with van der Waals surface area (Å²) in [5, 5.41) is -4.51. The second-order valence-electron chi connectivity index (χ2n) is 6.21. The second-order valence-corrected chi connectivity index (χ2v) is 7.70. The van der Waals surface area contributed by atoms with E-state index in [4.69, 9.17) is 4.55 Å². The van der Waals surface area contributed by atoms with Gasteiger partial charge in [0.25, 0.3) is 0 Å². The van der Waals surface area contributed by atoms with E-state index in [2.05, 4.69) is 11.7 Å². The normalized spacial score (nSPS) is 15.5. The van der Waals surface area contributed by atoms with Crippen LogP contribution in [0.2, 0.25) is 0 Å².